The number of rotatable bonds is 9. The van der Waals surface area contributed by atoms with Gasteiger partial charge >= 0.3 is 6.18 Å². The Hall–Kier alpha value is -3.80. The monoisotopic (exact) mass is 584 g/mol. The third-order valence-electron chi connectivity index (χ3n) is 7.15. The van der Waals surface area contributed by atoms with Crippen molar-refractivity contribution in [1.82, 2.24) is 10.3 Å². The van der Waals surface area contributed by atoms with Crippen LogP contribution in [-0.2, 0) is 21.8 Å². The first-order valence-electron chi connectivity index (χ1n) is 12.9. The molecular formula is C30H31F3N4O3S. The number of aliphatic hydroxyl groups excluding tert-OH is 1. The molecule has 11 heteroatoms. The maximum absolute atomic E-state index is 13.2. The van der Waals surface area contributed by atoms with Crippen molar-refractivity contribution < 1.29 is 27.9 Å². The summed E-state index contributed by atoms with van der Waals surface area (Å²) in [6.45, 7) is 3.74. The molecule has 0 bridgehead atoms. The van der Waals surface area contributed by atoms with Crippen LogP contribution in [0.1, 0.15) is 53.0 Å². The second kappa shape index (κ2) is 12.0. The minimum absolute atomic E-state index is 0.217. The van der Waals surface area contributed by atoms with Crippen LogP contribution in [0, 0.1) is 0 Å². The Labute approximate surface area is 240 Å². The van der Waals surface area contributed by atoms with E-state index in [0.29, 0.717) is 28.9 Å². The first-order chi connectivity index (χ1) is 19.4. The number of nitrogens with zero attached hydrogens (tertiary/aromatic N) is 1. The third kappa shape index (κ3) is 6.92. The number of anilines is 1. The maximum atomic E-state index is 13.2. The first-order valence-corrected chi connectivity index (χ1v) is 13.8. The molecule has 0 fully saturated rings. The fraction of sp³-hybridized carbons (Fsp3) is 0.300. The summed E-state index contributed by atoms with van der Waals surface area (Å²) in [6, 6.07) is 12.1. The summed E-state index contributed by atoms with van der Waals surface area (Å²) >= 11 is 1.15. The Kier molecular flexibility index (Phi) is 8.81. The van der Waals surface area contributed by atoms with Crippen molar-refractivity contribution in [1.29, 1.82) is 0 Å². The minimum Gasteiger partial charge on any atom is -0.395 e. The maximum Gasteiger partial charge on any atom is 0.416 e. The quantitative estimate of drug-likeness (QED) is 0.281. The topological polar surface area (TPSA) is 117 Å². The molecule has 0 saturated carbocycles. The number of carbonyl (C=O) groups is 2. The molecule has 5 N–H and O–H groups in total. The molecule has 41 heavy (non-hydrogen) atoms. The Bertz CT molecular complexity index is 1500. The van der Waals surface area contributed by atoms with E-state index in [9.17, 15) is 27.9 Å². The number of nitrogens with two attached hydrogens (primary N) is 1. The molecule has 1 unspecified atom stereocenters. The standard InChI is InChI=1S/C30H31F3N4O3S/c1-28(2,17-34)22-9-4-7-20(13-22)26(40)35-15-25(39)37-27-36-24(16-41-27)29(18-38)11-5-8-21(14-29)19-6-3-10-23(12-19)30(31,32)33/h3-13,16,38H,14-15,17-18,34H2,1-2H3,(H,35,40)(H,36,37,39). The number of aliphatic hydroxyl groups is 1. The molecule has 2 amide bonds. The summed E-state index contributed by atoms with van der Waals surface area (Å²) in [5.74, 6) is -0.894. The molecule has 1 heterocycles. The SMILES string of the molecule is CC(C)(CN)c1cccc(C(=O)NCC(=O)Nc2nc(C3(CO)C=CC=C(c4cccc(C(F)(F)F)c4)C3)cs2)c1. The highest BCUT2D eigenvalue weighted by molar-refractivity contribution is 7.14. The Morgan fingerprint density at radius 1 is 1.12 bits per heavy atom. The van der Waals surface area contributed by atoms with Crippen molar-refractivity contribution >= 4 is 33.9 Å². The molecule has 1 atom stereocenters. The number of halogens is 3. The molecule has 7 nitrogen and oxygen atoms in total. The van der Waals surface area contributed by atoms with Crippen molar-refractivity contribution in [3.63, 3.8) is 0 Å². The largest absolute Gasteiger partial charge is 0.416 e. The predicted octanol–water partition coefficient (Wildman–Crippen LogP) is 5.04. The lowest BCUT2D eigenvalue weighted by Crippen LogP contribution is -2.33. The van der Waals surface area contributed by atoms with Gasteiger partial charge in [0.25, 0.3) is 5.91 Å². The number of allylic oxidation sites excluding steroid dienone is 3. The van der Waals surface area contributed by atoms with Gasteiger partial charge in [0.15, 0.2) is 5.13 Å². The number of amides is 2. The normalized spacial score (nSPS) is 17.2. The summed E-state index contributed by atoms with van der Waals surface area (Å²) in [5, 5.41) is 17.5. The van der Waals surface area contributed by atoms with Crippen LogP contribution >= 0.6 is 11.3 Å². The average Bonchev–Trinajstić information content (AvgIpc) is 3.44. The lowest BCUT2D eigenvalue weighted by molar-refractivity contribution is -0.137. The van der Waals surface area contributed by atoms with Crippen LogP contribution in [0.5, 0.6) is 0 Å². The second-order valence-corrected chi connectivity index (χ2v) is 11.4. The van der Waals surface area contributed by atoms with Gasteiger partial charge in [-0.25, -0.2) is 4.98 Å². The highest BCUT2D eigenvalue weighted by Crippen LogP contribution is 2.41. The van der Waals surface area contributed by atoms with Gasteiger partial charge in [-0.05, 0) is 47.4 Å². The Morgan fingerprint density at radius 3 is 2.56 bits per heavy atom. The summed E-state index contributed by atoms with van der Waals surface area (Å²) < 4.78 is 39.7. The van der Waals surface area contributed by atoms with Crippen LogP contribution in [0.4, 0.5) is 18.3 Å². The highest BCUT2D eigenvalue weighted by atomic mass is 32.1. The molecule has 216 valence electrons. The van der Waals surface area contributed by atoms with Gasteiger partial charge in [0, 0.05) is 22.9 Å². The van der Waals surface area contributed by atoms with E-state index in [2.05, 4.69) is 15.6 Å². The van der Waals surface area contributed by atoms with E-state index in [4.69, 9.17) is 5.73 Å². The summed E-state index contributed by atoms with van der Waals surface area (Å²) in [7, 11) is 0. The third-order valence-corrected chi connectivity index (χ3v) is 7.91. The van der Waals surface area contributed by atoms with Crippen molar-refractivity contribution in [2.24, 2.45) is 5.73 Å². The van der Waals surface area contributed by atoms with Crippen LogP contribution in [-0.4, -0.2) is 41.6 Å². The molecule has 2 aromatic carbocycles. The lowest BCUT2D eigenvalue weighted by Gasteiger charge is -2.30. The molecule has 3 aromatic rings. The molecule has 0 spiro atoms. The van der Waals surface area contributed by atoms with Crippen LogP contribution in [0.3, 0.4) is 0 Å². The number of benzene rings is 2. The smallest absolute Gasteiger partial charge is 0.395 e. The van der Waals surface area contributed by atoms with Crippen molar-refractivity contribution in [2.45, 2.75) is 37.3 Å². The van der Waals surface area contributed by atoms with E-state index in [1.165, 1.54) is 6.07 Å². The molecule has 1 aliphatic carbocycles. The van der Waals surface area contributed by atoms with Crippen LogP contribution in [0.25, 0.3) is 5.57 Å². The molecule has 0 saturated heterocycles. The van der Waals surface area contributed by atoms with E-state index in [1.54, 1.807) is 47.9 Å². The van der Waals surface area contributed by atoms with Gasteiger partial charge in [0.1, 0.15) is 0 Å². The van der Waals surface area contributed by atoms with Gasteiger partial charge in [0.2, 0.25) is 5.91 Å². The van der Waals surface area contributed by atoms with Crippen molar-refractivity contribution in [2.75, 3.05) is 25.0 Å². The van der Waals surface area contributed by atoms with Crippen molar-refractivity contribution in [3.05, 3.63) is 100 Å². The number of nitrogens with one attached hydrogen (secondary N) is 2. The molecule has 1 aromatic heterocycles. The molecule has 0 aliphatic heterocycles. The number of hydrogen-bond acceptors (Lipinski definition) is 6. The zero-order valence-electron chi connectivity index (χ0n) is 22.6. The number of alkyl halides is 3. The van der Waals surface area contributed by atoms with Gasteiger partial charge < -0.3 is 21.5 Å². The summed E-state index contributed by atoms with van der Waals surface area (Å²) in [6.07, 6.45) is 0.904. The highest BCUT2D eigenvalue weighted by Gasteiger charge is 2.36. The van der Waals surface area contributed by atoms with E-state index in [1.807, 2.05) is 19.9 Å². The first kappa shape index (κ1) is 30.2. The van der Waals surface area contributed by atoms with Gasteiger partial charge in [0.05, 0.1) is 29.8 Å². The van der Waals surface area contributed by atoms with Gasteiger partial charge in [-0.1, -0.05) is 56.3 Å². The number of aromatic nitrogens is 1. The van der Waals surface area contributed by atoms with E-state index >= 15 is 0 Å². The number of thiazole rings is 1. The van der Waals surface area contributed by atoms with E-state index < -0.39 is 29.0 Å². The fourth-order valence-corrected chi connectivity index (χ4v) is 5.28. The predicted molar refractivity (Wildman–Crippen MR) is 154 cm³/mol. The Morgan fingerprint density at radius 2 is 1.85 bits per heavy atom. The zero-order chi connectivity index (χ0) is 29.8. The minimum atomic E-state index is -4.47. The molecular weight excluding hydrogens is 553 g/mol. The van der Waals surface area contributed by atoms with Crippen molar-refractivity contribution in [3.8, 4) is 0 Å². The molecule has 4 rings (SSSR count). The lowest BCUT2D eigenvalue weighted by atomic mass is 9.75. The molecule has 0 radical (unpaired) electrons. The zero-order valence-corrected chi connectivity index (χ0v) is 23.4. The summed E-state index contributed by atoms with van der Waals surface area (Å²) in [4.78, 5) is 29.7. The average molecular weight is 585 g/mol. The number of carbonyl (C=O) groups excluding carboxylic acids is 2. The van der Waals surface area contributed by atoms with Crippen LogP contribution in [0.2, 0.25) is 0 Å². The Balaban J connectivity index is 1.41. The van der Waals surface area contributed by atoms with Crippen LogP contribution in [0.15, 0.2) is 72.1 Å². The second-order valence-electron chi connectivity index (χ2n) is 10.6. The van der Waals surface area contributed by atoms with Crippen LogP contribution < -0.4 is 16.4 Å². The summed E-state index contributed by atoms with van der Waals surface area (Å²) in [5.41, 5.74) is 6.61. The van der Waals surface area contributed by atoms with E-state index in [-0.39, 0.29) is 30.1 Å². The van der Waals surface area contributed by atoms with E-state index in [0.717, 1.165) is 29.0 Å². The molecule has 1 aliphatic rings. The number of hydrogen-bond donors (Lipinski definition) is 4. The van der Waals surface area contributed by atoms with Gasteiger partial charge in [-0.3, -0.25) is 9.59 Å². The van der Waals surface area contributed by atoms with Gasteiger partial charge in [-0.15, -0.1) is 11.3 Å². The van der Waals surface area contributed by atoms with Gasteiger partial charge in [-0.2, -0.15) is 13.2 Å². The fourth-order valence-electron chi connectivity index (χ4n) is 4.45.